The molecule has 1 amide bonds. The Kier molecular flexibility index (Phi) is 5.69. The van der Waals surface area contributed by atoms with E-state index in [-0.39, 0.29) is 17.2 Å². The summed E-state index contributed by atoms with van der Waals surface area (Å²) in [4.78, 5) is 13.5. The summed E-state index contributed by atoms with van der Waals surface area (Å²) in [7, 11) is 0. The van der Waals surface area contributed by atoms with Crippen molar-refractivity contribution < 1.29 is 9.90 Å². The van der Waals surface area contributed by atoms with Crippen molar-refractivity contribution in [2.75, 3.05) is 5.32 Å². The minimum absolute atomic E-state index is 0.128. The van der Waals surface area contributed by atoms with Gasteiger partial charge in [-0.1, -0.05) is 38.0 Å². The van der Waals surface area contributed by atoms with Gasteiger partial charge in [0.2, 0.25) is 5.91 Å². The van der Waals surface area contributed by atoms with Gasteiger partial charge in [-0.2, -0.15) is 0 Å². The van der Waals surface area contributed by atoms with Gasteiger partial charge in [0.15, 0.2) is 0 Å². The lowest BCUT2D eigenvalue weighted by Crippen LogP contribution is -2.53. The fraction of sp³-hybridized carbons (Fsp3) is 0.750. The molecule has 8 unspecified atom stereocenters. The Hall–Kier alpha value is -1.35. The molecule has 1 aromatic rings. The van der Waals surface area contributed by atoms with Crippen LogP contribution in [0, 0.1) is 40.9 Å². The standard InChI is InChI=1S/C28H41NO2/c1-27(31)16-14-21-19(18-27)12-13-23-22(21)15-17-28(2)24(23)10-6-7-11-25(28)26(30)29-20-8-4-3-5-9-20/h3-5,8-9,19,21-25,31H,6-7,10-18H2,1-2H3,(H,29,30). The van der Waals surface area contributed by atoms with Crippen LogP contribution in [0.25, 0.3) is 0 Å². The van der Waals surface area contributed by atoms with E-state index in [1.54, 1.807) is 0 Å². The van der Waals surface area contributed by atoms with Crippen LogP contribution >= 0.6 is 0 Å². The second-order valence-corrected chi connectivity index (χ2v) is 11.9. The van der Waals surface area contributed by atoms with E-state index in [1.807, 2.05) is 30.3 Å². The number of carbonyl (C=O) groups excluding carboxylic acids is 1. The number of carbonyl (C=O) groups is 1. The summed E-state index contributed by atoms with van der Waals surface area (Å²) in [6.07, 6.45) is 13.1. The topological polar surface area (TPSA) is 49.3 Å². The van der Waals surface area contributed by atoms with Crippen molar-refractivity contribution in [1.82, 2.24) is 0 Å². The fourth-order valence-electron chi connectivity index (χ4n) is 8.63. The number of benzene rings is 1. The number of anilines is 1. The Balaban J connectivity index is 1.37. The van der Waals surface area contributed by atoms with Crippen molar-refractivity contribution in [3.63, 3.8) is 0 Å². The molecule has 170 valence electrons. The zero-order valence-corrected chi connectivity index (χ0v) is 19.5. The first-order chi connectivity index (χ1) is 14.9. The van der Waals surface area contributed by atoms with E-state index in [0.717, 1.165) is 48.6 Å². The number of fused-ring (bicyclic) bond motifs is 5. The highest BCUT2D eigenvalue weighted by Crippen LogP contribution is 2.62. The normalized spacial score (nSPS) is 44.9. The zero-order chi connectivity index (χ0) is 21.6. The number of para-hydroxylation sites is 1. The lowest BCUT2D eigenvalue weighted by molar-refractivity contribution is -0.137. The van der Waals surface area contributed by atoms with E-state index in [1.165, 1.54) is 51.4 Å². The van der Waals surface area contributed by atoms with Gasteiger partial charge in [0.1, 0.15) is 0 Å². The van der Waals surface area contributed by atoms with E-state index in [0.29, 0.717) is 5.92 Å². The molecule has 4 fully saturated rings. The van der Waals surface area contributed by atoms with Crippen LogP contribution in [-0.2, 0) is 4.79 Å². The summed E-state index contributed by atoms with van der Waals surface area (Å²) in [6.45, 7) is 4.51. The van der Waals surface area contributed by atoms with Crippen LogP contribution < -0.4 is 5.32 Å². The van der Waals surface area contributed by atoms with E-state index in [4.69, 9.17) is 0 Å². The molecule has 1 aromatic carbocycles. The van der Waals surface area contributed by atoms with Gasteiger partial charge in [0.25, 0.3) is 0 Å². The highest BCUT2D eigenvalue weighted by Gasteiger charge is 2.56. The van der Waals surface area contributed by atoms with Crippen LogP contribution in [0.4, 0.5) is 5.69 Å². The molecule has 0 saturated heterocycles. The highest BCUT2D eigenvalue weighted by atomic mass is 16.3. The molecule has 3 heteroatoms. The third kappa shape index (κ3) is 3.96. The average molecular weight is 424 g/mol. The second-order valence-electron chi connectivity index (χ2n) is 11.9. The van der Waals surface area contributed by atoms with Crippen molar-refractivity contribution >= 4 is 11.6 Å². The molecule has 3 nitrogen and oxygen atoms in total. The maximum Gasteiger partial charge on any atom is 0.228 e. The molecule has 4 aliphatic rings. The van der Waals surface area contributed by atoms with Gasteiger partial charge in [0.05, 0.1) is 5.60 Å². The minimum atomic E-state index is -0.444. The zero-order valence-electron chi connectivity index (χ0n) is 19.5. The Morgan fingerprint density at radius 3 is 2.45 bits per heavy atom. The average Bonchev–Trinajstić information content (AvgIpc) is 2.92. The molecular weight excluding hydrogens is 382 g/mol. The molecule has 2 N–H and O–H groups in total. The first kappa shape index (κ1) is 21.5. The molecular formula is C28H41NO2. The van der Waals surface area contributed by atoms with Crippen molar-refractivity contribution in [3.05, 3.63) is 30.3 Å². The first-order valence-electron chi connectivity index (χ1n) is 13.0. The number of amides is 1. The maximum atomic E-state index is 13.5. The van der Waals surface area contributed by atoms with Crippen molar-refractivity contribution in [2.45, 2.75) is 90.1 Å². The Morgan fingerprint density at radius 2 is 1.65 bits per heavy atom. The minimum Gasteiger partial charge on any atom is -0.390 e. The molecule has 0 bridgehead atoms. The SMILES string of the molecule is CC1(O)CCC2C(CCC3C2CCC2(C)C(C(=O)Nc4ccccc4)CCCCC32)C1. The molecule has 5 rings (SSSR count). The van der Waals surface area contributed by atoms with Crippen LogP contribution in [0.2, 0.25) is 0 Å². The number of rotatable bonds is 2. The largest absolute Gasteiger partial charge is 0.390 e. The number of hydrogen-bond acceptors (Lipinski definition) is 2. The van der Waals surface area contributed by atoms with Gasteiger partial charge in [-0.05, 0) is 112 Å². The summed E-state index contributed by atoms with van der Waals surface area (Å²) in [5, 5.41) is 13.9. The van der Waals surface area contributed by atoms with E-state index < -0.39 is 5.60 Å². The van der Waals surface area contributed by atoms with Crippen LogP contribution in [0.15, 0.2) is 30.3 Å². The third-order valence-corrected chi connectivity index (χ3v) is 10.1. The quantitative estimate of drug-likeness (QED) is 0.576. The molecule has 0 spiro atoms. The molecule has 31 heavy (non-hydrogen) atoms. The summed E-state index contributed by atoms with van der Waals surface area (Å²) < 4.78 is 0. The summed E-state index contributed by atoms with van der Waals surface area (Å²) in [5.74, 6) is 4.20. The van der Waals surface area contributed by atoms with Crippen molar-refractivity contribution in [1.29, 1.82) is 0 Å². The molecule has 4 aliphatic carbocycles. The number of hydrogen-bond donors (Lipinski definition) is 2. The van der Waals surface area contributed by atoms with Crippen molar-refractivity contribution in [3.8, 4) is 0 Å². The van der Waals surface area contributed by atoms with Crippen LogP contribution in [0.5, 0.6) is 0 Å². The molecule has 0 aromatic heterocycles. The first-order valence-corrected chi connectivity index (χ1v) is 13.0. The smallest absolute Gasteiger partial charge is 0.228 e. The summed E-state index contributed by atoms with van der Waals surface area (Å²) in [5.41, 5.74) is 0.615. The maximum absolute atomic E-state index is 13.5. The summed E-state index contributed by atoms with van der Waals surface area (Å²) in [6, 6.07) is 10.0. The van der Waals surface area contributed by atoms with E-state index in [9.17, 15) is 9.90 Å². The molecule has 0 aliphatic heterocycles. The summed E-state index contributed by atoms with van der Waals surface area (Å²) >= 11 is 0. The van der Waals surface area contributed by atoms with Crippen LogP contribution in [0.1, 0.15) is 84.5 Å². The Labute approximate surface area is 188 Å². The third-order valence-electron chi connectivity index (χ3n) is 10.1. The van der Waals surface area contributed by atoms with Gasteiger partial charge in [-0.25, -0.2) is 0 Å². The molecule has 0 heterocycles. The molecule has 4 saturated carbocycles. The monoisotopic (exact) mass is 423 g/mol. The highest BCUT2D eigenvalue weighted by molar-refractivity contribution is 5.93. The number of aliphatic hydroxyl groups is 1. The van der Waals surface area contributed by atoms with Gasteiger partial charge < -0.3 is 10.4 Å². The van der Waals surface area contributed by atoms with Crippen LogP contribution in [0.3, 0.4) is 0 Å². The predicted molar refractivity (Wildman–Crippen MR) is 126 cm³/mol. The molecule has 0 radical (unpaired) electrons. The van der Waals surface area contributed by atoms with Gasteiger partial charge in [0, 0.05) is 11.6 Å². The van der Waals surface area contributed by atoms with E-state index in [2.05, 4.69) is 19.2 Å². The molecule has 8 atom stereocenters. The van der Waals surface area contributed by atoms with Gasteiger partial charge in [-0.15, -0.1) is 0 Å². The Bertz CT molecular complexity index is 789. The fourth-order valence-corrected chi connectivity index (χ4v) is 8.63. The van der Waals surface area contributed by atoms with Gasteiger partial charge in [-0.3, -0.25) is 4.79 Å². The lowest BCUT2D eigenvalue weighted by atomic mass is 9.47. The van der Waals surface area contributed by atoms with E-state index >= 15 is 0 Å². The number of nitrogens with one attached hydrogen (secondary N) is 1. The lowest BCUT2D eigenvalue weighted by Gasteiger charge is -2.58. The van der Waals surface area contributed by atoms with Crippen molar-refractivity contribution in [2.24, 2.45) is 40.9 Å². The predicted octanol–water partition coefficient (Wildman–Crippen LogP) is 6.43. The van der Waals surface area contributed by atoms with Crippen LogP contribution in [-0.4, -0.2) is 16.6 Å². The second kappa shape index (κ2) is 8.21. The van der Waals surface area contributed by atoms with Gasteiger partial charge >= 0.3 is 0 Å². The Morgan fingerprint density at radius 1 is 0.903 bits per heavy atom.